The quantitative estimate of drug-likeness (QED) is 0.761. The van der Waals surface area contributed by atoms with Crippen LogP contribution in [0.1, 0.15) is 25.6 Å². The van der Waals surface area contributed by atoms with Crippen LogP contribution in [0.2, 0.25) is 5.02 Å². The van der Waals surface area contributed by atoms with Gasteiger partial charge >= 0.3 is 5.97 Å². The van der Waals surface area contributed by atoms with Crippen LogP contribution in [0.3, 0.4) is 0 Å². The largest absolute Gasteiger partial charge is 0.480 e. The number of halogens is 1. The van der Waals surface area contributed by atoms with Crippen molar-refractivity contribution in [3.8, 4) is 11.1 Å². The number of carboxylic acids is 1. The molecule has 7 heteroatoms. The number of hydrogen-bond acceptors (Lipinski definition) is 4. The van der Waals surface area contributed by atoms with Crippen molar-refractivity contribution in [3.05, 3.63) is 50.8 Å². The Bertz CT molecular complexity index is 974. The molecule has 2 heterocycles. The second kappa shape index (κ2) is 6.37. The molecule has 0 aliphatic rings. The highest BCUT2D eigenvalue weighted by molar-refractivity contribution is 7.17. The summed E-state index contributed by atoms with van der Waals surface area (Å²) in [7, 11) is 0. The highest BCUT2D eigenvalue weighted by Gasteiger charge is 2.19. The molecule has 0 bridgehead atoms. The number of carboxylic acid groups (broad SMARTS) is 1. The maximum Gasteiger partial charge on any atom is 0.323 e. The van der Waals surface area contributed by atoms with Gasteiger partial charge in [-0.15, -0.1) is 11.3 Å². The first-order valence-corrected chi connectivity index (χ1v) is 8.64. The van der Waals surface area contributed by atoms with Crippen LogP contribution in [0.25, 0.3) is 21.3 Å². The monoisotopic (exact) mass is 362 g/mol. The molecule has 0 aliphatic carbocycles. The summed E-state index contributed by atoms with van der Waals surface area (Å²) >= 11 is 7.30. The lowest BCUT2D eigenvalue weighted by Gasteiger charge is -2.13. The summed E-state index contributed by atoms with van der Waals surface area (Å²) in [5, 5.41) is 12.1. The average Bonchev–Trinajstić information content (AvgIpc) is 2.94. The van der Waals surface area contributed by atoms with Crippen LogP contribution in [0.4, 0.5) is 0 Å². The van der Waals surface area contributed by atoms with Crippen LogP contribution in [0.5, 0.6) is 0 Å². The van der Waals surface area contributed by atoms with Gasteiger partial charge in [-0.25, -0.2) is 4.98 Å². The topological polar surface area (TPSA) is 72.2 Å². The summed E-state index contributed by atoms with van der Waals surface area (Å²) in [6.07, 6.45) is 0. The number of thiophene rings is 1. The maximum absolute atomic E-state index is 13.0. The number of aromatic nitrogens is 2. The number of fused-ring (bicyclic) bond motifs is 1. The number of hydrogen-bond donors (Lipinski definition) is 1. The molecule has 1 aromatic carbocycles. The Morgan fingerprint density at radius 3 is 2.58 bits per heavy atom. The third kappa shape index (κ3) is 2.95. The third-order valence-corrected chi connectivity index (χ3v) is 4.81. The van der Waals surface area contributed by atoms with Crippen molar-refractivity contribution in [2.24, 2.45) is 0 Å². The molecule has 2 aromatic heterocycles. The molecule has 3 aromatic rings. The van der Waals surface area contributed by atoms with E-state index in [0.29, 0.717) is 21.1 Å². The van der Waals surface area contributed by atoms with Crippen LogP contribution in [0, 0.1) is 0 Å². The van der Waals surface area contributed by atoms with Crippen molar-refractivity contribution in [3.63, 3.8) is 0 Å². The first kappa shape index (κ1) is 16.7. The molecule has 0 unspecified atom stereocenters. The fourth-order valence-corrected chi connectivity index (χ4v) is 3.68. The number of carbonyl (C=O) groups is 1. The van der Waals surface area contributed by atoms with Gasteiger partial charge in [0.15, 0.2) is 0 Å². The van der Waals surface area contributed by atoms with Crippen LogP contribution < -0.4 is 5.56 Å². The molecule has 0 radical (unpaired) electrons. The van der Waals surface area contributed by atoms with Crippen molar-refractivity contribution in [1.82, 2.24) is 9.55 Å². The molecule has 0 saturated carbocycles. The van der Waals surface area contributed by atoms with Crippen molar-refractivity contribution < 1.29 is 9.90 Å². The van der Waals surface area contributed by atoms with E-state index < -0.39 is 12.5 Å². The Labute approximate surface area is 147 Å². The summed E-state index contributed by atoms with van der Waals surface area (Å²) < 4.78 is 1.25. The fraction of sp³-hybridized carbons (Fsp3) is 0.235. The highest BCUT2D eigenvalue weighted by Crippen LogP contribution is 2.32. The van der Waals surface area contributed by atoms with E-state index in [9.17, 15) is 9.59 Å². The molecule has 0 saturated heterocycles. The van der Waals surface area contributed by atoms with Gasteiger partial charge in [0, 0.05) is 21.9 Å². The third-order valence-electron chi connectivity index (χ3n) is 3.69. The number of nitrogens with zero attached hydrogens (tertiary/aromatic N) is 2. The summed E-state index contributed by atoms with van der Waals surface area (Å²) in [5.74, 6) is -0.634. The van der Waals surface area contributed by atoms with Gasteiger partial charge < -0.3 is 5.11 Å². The van der Waals surface area contributed by atoms with Gasteiger partial charge in [-0.05, 0) is 17.7 Å². The zero-order chi connectivity index (χ0) is 17.4. The molecule has 1 N–H and O–H groups in total. The summed E-state index contributed by atoms with van der Waals surface area (Å²) in [4.78, 5) is 29.3. The summed E-state index contributed by atoms with van der Waals surface area (Å²) in [5.41, 5.74) is 1.28. The molecule has 0 atom stereocenters. The van der Waals surface area contributed by atoms with Gasteiger partial charge in [-0.3, -0.25) is 14.2 Å². The second-order valence-electron chi connectivity index (χ2n) is 5.75. The first-order valence-electron chi connectivity index (χ1n) is 7.38. The van der Waals surface area contributed by atoms with E-state index in [-0.39, 0.29) is 11.5 Å². The smallest absolute Gasteiger partial charge is 0.323 e. The molecule has 24 heavy (non-hydrogen) atoms. The van der Waals surface area contributed by atoms with Crippen LogP contribution in [0.15, 0.2) is 34.4 Å². The number of benzene rings is 1. The van der Waals surface area contributed by atoms with Crippen molar-refractivity contribution in [2.45, 2.75) is 26.3 Å². The van der Waals surface area contributed by atoms with E-state index in [1.807, 2.05) is 31.4 Å². The van der Waals surface area contributed by atoms with Gasteiger partial charge in [-0.2, -0.15) is 0 Å². The molecule has 0 aliphatic heterocycles. The maximum atomic E-state index is 13.0. The SMILES string of the molecule is CC(C)c1nc2scc(-c3ccc(Cl)cc3)c2c(=O)n1CC(=O)O. The van der Waals surface area contributed by atoms with Crippen LogP contribution >= 0.6 is 22.9 Å². The van der Waals surface area contributed by atoms with Gasteiger partial charge in [0.2, 0.25) is 0 Å². The predicted molar refractivity (Wildman–Crippen MR) is 96.1 cm³/mol. The molecule has 0 spiro atoms. The number of rotatable bonds is 4. The normalized spacial score (nSPS) is 11.3. The van der Waals surface area contributed by atoms with E-state index >= 15 is 0 Å². The molecule has 0 amide bonds. The van der Waals surface area contributed by atoms with E-state index in [0.717, 1.165) is 11.1 Å². The lowest BCUT2D eigenvalue weighted by molar-refractivity contribution is -0.137. The summed E-state index contributed by atoms with van der Waals surface area (Å²) in [6, 6.07) is 7.18. The van der Waals surface area contributed by atoms with E-state index in [4.69, 9.17) is 16.7 Å². The Kier molecular flexibility index (Phi) is 4.43. The molecule has 5 nitrogen and oxygen atoms in total. The Hall–Kier alpha value is -2.18. The summed E-state index contributed by atoms with van der Waals surface area (Å²) in [6.45, 7) is 3.38. The van der Waals surface area contributed by atoms with E-state index in [1.54, 1.807) is 12.1 Å². The lowest BCUT2D eigenvalue weighted by Crippen LogP contribution is -2.29. The average molecular weight is 363 g/mol. The van der Waals surface area contributed by atoms with E-state index in [1.165, 1.54) is 15.9 Å². The zero-order valence-corrected chi connectivity index (χ0v) is 14.7. The van der Waals surface area contributed by atoms with Crippen molar-refractivity contribution >= 4 is 39.1 Å². The predicted octanol–water partition coefficient (Wildman–Crippen LogP) is 3.99. The van der Waals surface area contributed by atoms with Crippen molar-refractivity contribution in [2.75, 3.05) is 0 Å². The standard InChI is InChI=1S/C17H15ClN2O3S/c1-9(2)15-19-16-14(17(23)20(15)7-13(21)22)12(8-24-16)10-3-5-11(18)6-4-10/h3-6,8-9H,7H2,1-2H3,(H,21,22). The molecule has 124 valence electrons. The Balaban J connectivity index is 2.30. The Morgan fingerprint density at radius 1 is 1.33 bits per heavy atom. The molecular formula is C17H15ClN2O3S. The molecule has 3 rings (SSSR count). The second-order valence-corrected chi connectivity index (χ2v) is 7.04. The molecular weight excluding hydrogens is 348 g/mol. The van der Waals surface area contributed by atoms with Crippen LogP contribution in [-0.4, -0.2) is 20.6 Å². The lowest BCUT2D eigenvalue weighted by atomic mass is 10.1. The molecule has 0 fully saturated rings. The zero-order valence-electron chi connectivity index (χ0n) is 13.1. The van der Waals surface area contributed by atoms with Gasteiger partial charge in [0.1, 0.15) is 17.2 Å². The van der Waals surface area contributed by atoms with Gasteiger partial charge in [0.05, 0.1) is 5.39 Å². The van der Waals surface area contributed by atoms with Gasteiger partial charge in [0.25, 0.3) is 5.56 Å². The minimum absolute atomic E-state index is 0.0532. The van der Waals surface area contributed by atoms with E-state index in [2.05, 4.69) is 4.98 Å². The van der Waals surface area contributed by atoms with Crippen molar-refractivity contribution in [1.29, 1.82) is 0 Å². The highest BCUT2D eigenvalue weighted by atomic mass is 35.5. The first-order chi connectivity index (χ1) is 11.4. The van der Waals surface area contributed by atoms with Crippen LogP contribution in [-0.2, 0) is 11.3 Å². The minimum atomic E-state index is -1.07. The number of aliphatic carboxylic acids is 1. The van der Waals surface area contributed by atoms with Gasteiger partial charge in [-0.1, -0.05) is 37.6 Å². The Morgan fingerprint density at radius 2 is 2.00 bits per heavy atom. The minimum Gasteiger partial charge on any atom is -0.480 e. The fourth-order valence-electron chi connectivity index (χ4n) is 2.61.